The van der Waals surface area contributed by atoms with Crippen LogP contribution in [0.2, 0.25) is 0 Å². The van der Waals surface area contributed by atoms with Gasteiger partial charge in [-0.3, -0.25) is 4.79 Å². The van der Waals surface area contributed by atoms with Gasteiger partial charge in [-0.1, -0.05) is 28.1 Å². The average molecular weight is 323 g/mol. The molecule has 1 aromatic carbocycles. The summed E-state index contributed by atoms with van der Waals surface area (Å²) >= 11 is 3.42. The van der Waals surface area contributed by atoms with Gasteiger partial charge in [0.25, 0.3) is 0 Å². The lowest BCUT2D eigenvalue weighted by molar-refractivity contribution is -0.133. The molecule has 2 heterocycles. The number of rotatable bonds is 2. The number of hydrogen-bond acceptors (Lipinski definition) is 2. The van der Waals surface area contributed by atoms with Crippen molar-refractivity contribution < 1.29 is 4.79 Å². The first-order valence-corrected chi connectivity index (χ1v) is 7.79. The molecule has 2 unspecified atom stereocenters. The van der Waals surface area contributed by atoms with E-state index in [0.29, 0.717) is 24.4 Å². The van der Waals surface area contributed by atoms with E-state index in [0.717, 1.165) is 36.0 Å². The molecule has 2 aliphatic heterocycles. The van der Waals surface area contributed by atoms with Gasteiger partial charge in [-0.05, 0) is 43.5 Å². The summed E-state index contributed by atoms with van der Waals surface area (Å²) in [6.45, 7) is 2.01. The van der Waals surface area contributed by atoms with E-state index in [4.69, 9.17) is 0 Å². The summed E-state index contributed by atoms with van der Waals surface area (Å²) in [6, 6.07) is 8.93. The Labute approximate surface area is 122 Å². The Morgan fingerprint density at radius 2 is 1.95 bits per heavy atom. The monoisotopic (exact) mass is 322 g/mol. The van der Waals surface area contributed by atoms with E-state index in [-0.39, 0.29) is 0 Å². The van der Waals surface area contributed by atoms with Crippen LogP contribution in [0.4, 0.5) is 0 Å². The van der Waals surface area contributed by atoms with E-state index in [1.54, 1.807) is 0 Å². The molecule has 2 bridgehead atoms. The highest BCUT2D eigenvalue weighted by Gasteiger charge is 2.37. The summed E-state index contributed by atoms with van der Waals surface area (Å²) in [7, 11) is 0. The van der Waals surface area contributed by atoms with Crippen LogP contribution in [-0.2, 0) is 11.2 Å². The molecule has 0 spiro atoms. The molecular weight excluding hydrogens is 304 g/mol. The fourth-order valence-corrected chi connectivity index (χ4v) is 3.52. The molecule has 4 heteroatoms. The number of nitrogens with zero attached hydrogens (tertiary/aromatic N) is 1. The minimum absolute atomic E-state index is 0.290. The van der Waals surface area contributed by atoms with Crippen molar-refractivity contribution >= 4 is 21.8 Å². The van der Waals surface area contributed by atoms with Crippen molar-refractivity contribution in [3.05, 3.63) is 34.3 Å². The maximum Gasteiger partial charge on any atom is 0.227 e. The Bertz CT molecular complexity index is 446. The van der Waals surface area contributed by atoms with Gasteiger partial charge >= 0.3 is 0 Å². The van der Waals surface area contributed by atoms with Crippen molar-refractivity contribution in [3.63, 3.8) is 0 Å². The second-order valence-corrected chi connectivity index (χ2v) is 6.40. The predicted octanol–water partition coefficient (Wildman–Crippen LogP) is 2.34. The van der Waals surface area contributed by atoms with Crippen LogP contribution in [0.3, 0.4) is 0 Å². The molecule has 2 saturated heterocycles. The standard InChI is InChI=1S/C15H19BrN2O/c16-12-3-1-11(2-4-12)9-15(19)18-13-5-6-14(18)10-17-8-7-13/h1-4,13-14,17H,5-10H2. The summed E-state index contributed by atoms with van der Waals surface area (Å²) in [5.74, 6) is 0.290. The van der Waals surface area contributed by atoms with Crippen molar-refractivity contribution in [1.82, 2.24) is 10.2 Å². The van der Waals surface area contributed by atoms with Gasteiger partial charge in [-0.2, -0.15) is 0 Å². The Morgan fingerprint density at radius 1 is 1.21 bits per heavy atom. The van der Waals surface area contributed by atoms with Crippen molar-refractivity contribution in [3.8, 4) is 0 Å². The Kier molecular flexibility index (Phi) is 3.89. The number of nitrogens with one attached hydrogen (secondary N) is 1. The number of halogens is 1. The van der Waals surface area contributed by atoms with E-state index in [1.165, 1.54) is 6.42 Å². The molecule has 0 saturated carbocycles. The summed E-state index contributed by atoms with van der Waals surface area (Å²) in [5, 5.41) is 3.43. The molecule has 1 amide bonds. The first-order chi connectivity index (χ1) is 9.24. The molecule has 2 fully saturated rings. The lowest BCUT2D eigenvalue weighted by Crippen LogP contribution is -2.43. The zero-order chi connectivity index (χ0) is 13.2. The number of carbonyl (C=O) groups is 1. The third kappa shape index (κ3) is 2.84. The van der Waals surface area contributed by atoms with E-state index in [1.807, 2.05) is 24.3 Å². The van der Waals surface area contributed by atoms with Gasteiger partial charge in [0.05, 0.1) is 6.42 Å². The van der Waals surface area contributed by atoms with Gasteiger partial charge in [0.1, 0.15) is 0 Å². The molecule has 0 aromatic heterocycles. The van der Waals surface area contributed by atoms with Crippen molar-refractivity contribution in [2.24, 2.45) is 0 Å². The molecule has 3 nitrogen and oxygen atoms in total. The minimum atomic E-state index is 0.290. The van der Waals surface area contributed by atoms with Gasteiger partial charge < -0.3 is 10.2 Å². The summed E-state index contributed by atoms with van der Waals surface area (Å²) in [6.07, 6.45) is 3.96. The lowest BCUT2D eigenvalue weighted by atomic mass is 10.1. The van der Waals surface area contributed by atoms with Crippen molar-refractivity contribution in [2.75, 3.05) is 13.1 Å². The third-order valence-electron chi connectivity index (χ3n) is 4.21. The Hall–Kier alpha value is -0.870. The SMILES string of the molecule is O=C(Cc1ccc(Br)cc1)N1C2CCNCC1CC2. The highest BCUT2D eigenvalue weighted by atomic mass is 79.9. The predicted molar refractivity (Wildman–Crippen MR) is 79.0 cm³/mol. The maximum absolute atomic E-state index is 12.6. The number of benzene rings is 1. The Balaban J connectivity index is 1.71. The third-order valence-corrected chi connectivity index (χ3v) is 4.74. The Morgan fingerprint density at radius 3 is 2.74 bits per heavy atom. The smallest absolute Gasteiger partial charge is 0.227 e. The van der Waals surface area contributed by atoms with Gasteiger partial charge in [-0.15, -0.1) is 0 Å². The van der Waals surface area contributed by atoms with Gasteiger partial charge in [0, 0.05) is 23.1 Å². The normalized spacial score (nSPS) is 26.3. The van der Waals surface area contributed by atoms with Crippen LogP contribution in [-0.4, -0.2) is 36.0 Å². The molecule has 3 rings (SSSR count). The second-order valence-electron chi connectivity index (χ2n) is 5.48. The topological polar surface area (TPSA) is 32.3 Å². The first kappa shape index (κ1) is 13.1. The molecular formula is C15H19BrN2O. The van der Waals surface area contributed by atoms with E-state index in [2.05, 4.69) is 26.1 Å². The number of carbonyl (C=O) groups excluding carboxylic acids is 1. The van der Waals surface area contributed by atoms with Crippen LogP contribution < -0.4 is 5.32 Å². The lowest BCUT2D eigenvalue weighted by Gasteiger charge is -2.28. The van der Waals surface area contributed by atoms with Crippen LogP contribution in [0.15, 0.2) is 28.7 Å². The maximum atomic E-state index is 12.6. The number of fused-ring (bicyclic) bond motifs is 2. The highest BCUT2D eigenvalue weighted by molar-refractivity contribution is 9.10. The van der Waals surface area contributed by atoms with Crippen LogP contribution in [0, 0.1) is 0 Å². The fourth-order valence-electron chi connectivity index (χ4n) is 3.26. The fraction of sp³-hybridized carbons (Fsp3) is 0.533. The zero-order valence-corrected chi connectivity index (χ0v) is 12.5. The molecule has 2 atom stereocenters. The summed E-state index contributed by atoms with van der Waals surface area (Å²) in [5.41, 5.74) is 1.10. The number of hydrogen-bond donors (Lipinski definition) is 1. The van der Waals surface area contributed by atoms with Gasteiger partial charge in [0.2, 0.25) is 5.91 Å². The van der Waals surface area contributed by atoms with E-state index < -0.39 is 0 Å². The van der Waals surface area contributed by atoms with Gasteiger partial charge in [-0.25, -0.2) is 0 Å². The molecule has 2 aliphatic rings. The zero-order valence-electron chi connectivity index (χ0n) is 10.9. The van der Waals surface area contributed by atoms with Crippen molar-refractivity contribution in [2.45, 2.75) is 37.8 Å². The molecule has 1 aromatic rings. The molecule has 19 heavy (non-hydrogen) atoms. The van der Waals surface area contributed by atoms with Crippen LogP contribution in [0.1, 0.15) is 24.8 Å². The summed E-state index contributed by atoms with van der Waals surface area (Å²) in [4.78, 5) is 14.7. The molecule has 102 valence electrons. The van der Waals surface area contributed by atoms with E-state index >= 15 is 0 Å². The summed E-state index contributed by atoms with van der Waals surface area (Å²) < 4.78 is 1.06. The van der Waals surface area contributed by atoms with Crippen LogP contribution >= 0.6 is 15.9 Å². The molecule has 0 radical (unpaired) electrons. The quantitative estimate of drug-likeness (QED) is 0.906. The minimum Gasteiger partial charge on any atom is -0.335 e. The molecule has 1 N–H and O–H groups in total. The first-order valence-electron chi connectivity index (χ1n) is 7.00. The van der Waals surface area contributed by atoms with Gasteiger partial charge in [0.15, 0.2) is 0 Å². The molecule has 0 aliphatic carbocycles. The largest absolute Gasteiger partial charge is 0.335 e. The highest BCUT2D eigenvalue weighted by Crippen LogP contribution is 2.28. The number of amides is 1. The second kappa shape index (κ2) is 5.63. The van der Waals surface area contributed by atoms with Crippen LogP contribution in [0.5, 0.6) is 0 Å². The van der Waals surface area contributed by atoms with Crippen molar-refractivity contribution in [1.29, 1.82) is 0 Å². The van der Waals surface area contributed by atoms with Crippen LogP contribution in [0.25, 0.3) is 0 Å². The van der Waals surface area contributed by atoms with E-state index in [9.17, 15) is 4.79 Å². The average Bonchev–Trinajstić information content (AvgIpc) is 2.66.